The van der Waals surface area contributed by atoms with E-state index in [1.165, 1.54) is 0 Å². The quantitative estimate of drug-likeness (QED) is 0.320. The van der Waals surface area contributed by atoms with Gasteiger partial charge in [0.2, 0.25) is 5.91 Å². The Hall–Kier alpha value is -4.09. The number of carbonyl (C=O) groups excluding carboxylic acids is 2. The first kappa shape index (κ1) is 27.0. The average molecular weight is 527 g/mol. The highest BCUT2D eigenvalue weighted by molar-refractivity contribution is 6.30. The molecule has 6 heteroatoms. The predicted octanol–water partition coefficient (Wildman–Crippen LogP) is 6.71. The molecular weight excluding hydrogens is 496 g/mol. The van der Waals surface area contributed by atoms with Gasteiger partial charge in [-0.05, 0) is 49.6 Å². The number of rotatable bonds is 8. The van der Waals surface area contributed by atoms with Crippen molar-refractivity contribution in [1.82, 2.24) is 10.6 Å². The third-order valence-electron chi connectivity index (χ3n) is 6.45. The molecule has 0 aromatic heterocycles. The van der Waals surface area contributed by atoms with Gasteiger partial charge in [-0.1, -0.05) is 96.5 Å². The van der Waals surface area contributed by atoms with Crippen molar-refractivity contribution < 1.29 is 14.3 Å². The van der Waals surface area contributed by atoms with Crippen LogP contribution in [0.2, 0.25) is 5.02 Å². The lowest BCUT2D eigenvalue weighted by molar-refractivity contribution is -0.144. The number of amides is 1. The van der Waals surface area contributed by atoms with E-state index in [0.717, 1.165) is 16.7 Å². The van der Waals surface area contributed by atoms with E-state index in [0.29, 0.717) is 34.1 Å². The Morgan fingerprint density at radius 2 is 1.61 bits per heavy atom. The minimum absolute atomic E-state index is 0.272. The molecule has 2 unspecified atom stereocenters. The number of dihydropyridines is 1. The maximum atomic E-state index is 13.6. The zero-order chi connectivity index (χ0) is 27.1. The Morgan fingerprint density at radius 1 is 0.947 bits per heavy atom. The fourth-order valence-corrected chi connectivity index (χ4v) is 4.81. The van der Waals surface area contributed by atoms with Crippen LogP contribution in [0.3, 0.4) is 0 Å². The maximum absolute atomic E-state index is 13.6. The molecule has 0 saturated heterocycles. The lowest BCUT2D eigenvalue weighted by Gasteiger charge is -2.31. The van der Waals surface area contributed by atoms with Crippen LogP contribution in [0.4, 0.5) is 0 Å². The van der Waals surface area contributed by atoms with Gasteiger partial charge in [0.05, 0.1) is 11.5 Å². The molecule has 3 aromatic rings. The van der Waals surface area contributed by atoms with E-state index in [1.807, 2.05) is 106 Å². The van der Waals surface area contributed by atoms with Crippen molar-refractivity contribution in [2.45, 2.75) is 32.8 Å². The topological polar surface area (TPSA) is 67.4 Å². The number of ether oxygens (including phenoxy) is 1. The molecule has 0 bridgehead atoms. The van der Waals surface area contributed by atoms with Gasteiger partial charge in [0.1, 0.15) is 6.10 Å². The zero-order valence-corrected chi connectivity index (χ0v) is 22.5. The Bertz CT molecular complexity index is 1390. The Labute approximate surface area is 228 Å². The first-order valence-corrected chi connectivity index (χ1v) is 12.9. The van der Waals surface area contributed by atoms with Crippen LogP contribution in [0, 0.1) is 0 Å². The van der Waals surface area contributed by atoms with E-state index < -0.39 is 18.0 Å². The molecule has 4 rings (SSSR count). The van der Waals surface area contributed by atoms with Gasteiger partial charge in [-0.2, -0.15) is 0 Å². The highest BCUT2D eigenvalue weighted by atomic mass is 35.5. The molecule has 1 aliphatic heterocycles. The van der Waals surface area contributed by atoms with Gasteiger partial charge in [-0.15, -0.1) is 0 Å². The van der Waals surface area contributed by atoms with Gasteiger partial charge >= 0.3 is 5.97 Å². The molecule has 1 amide bonds. The molecule has 3 aromatic carbocycles. The summed E-state index contributed by atoms with van der Waals surface area (Å²) >= 11 is 6.34. The largest absolute Gasteiger partial charge is 0.454 e. The molecule has 5 nitrogen and oxygen atoms in total. The monoisotopic (exact) mass is 526 g/mol. The Kier molecular flexibility index (Phi) is 8.82. The van der Waals surface area contributed by atoms with Gasteiger partial charge < -0.3 is 15.4 Å². The van der Waals surface area contributed by atoms with Crippen molar-refractivity contribution in [3.05, 3.63) is 135 Å². The summed E-state index contributed by atoms with van der Waals surface area (Å²) in [6.45, 7) is 5.83. The van der Waals surface area contributed by atoms with E-state index >= 15 is 0 Å². The highest BCUT2D eigenvalue weighted by Gasteiger charge is 2.37. The second-order valence-corrected chi connectivity index (χ2v) is 9.61. The first-order valence-electron chi connectivity index (χ1n) is 12.5. The Morgan fingerprint density at radius 3 is 2.29 bits per heavy atom. The predicted molar refractivity (Wildman–Crippen MR) is 152 cm³/mol. The van der Waals surface area contributed by atoms with Crippen LogP contribution >= 0.6 is 11.6 Å². The smallest absolute Gasteiger partial charge is 0.337 e. The number of hydrogen-bond donors (Lipinski definition) is 2. The summed E-state index contributed by atoms with van der Waals surface area (Å²) in [4.78, 5) is 27.2. The summed E-state index contributed by atoms with van der Waals surface area (Å²) < 4.78 is 5.90. The maximum Gasteiger partial charge on any atom is 0.337 e. The SMILES string of the molecule is CC1=C(C(=O)NC/C=C/c2ccccc2)C(c2cccc(Cl)c2)C(C(=O)OC(C)c2ccccc2)=C(C)N1. The molecule has 0 aliphatic carbocycles. The molecule has 2 atom stereocenters. The van der Waals surface area contributed by atoms with E-state index in [1.54, 1.807) is 12.1 Å². The number of carbonyl (C=O) groups is 2. The number of halogens is 1. The van der Waals surface area contributed by atoms with Crippen LogP contribution in [0.5, 0.6) is 0 Å². The molecule has 0 saturated carbocycles. The molecule has 194 valence electrons. The van der Waals surface area contributed by atoms with Gasteiger partial charge in [-0.3, -0.25) is 4.79 Å². The summed E-state index contributed by atoms with van der Waals surface area (Å²) in [7, 11) is 0. The Balaban J connectivity index is 1.62. The van der Waals surface area contributed by atoms with Crippen molar-refractivity contribution in [2.75, 3.05) is 6.54 Å². The third kappa shape index (κ3) is 6.42. The standard InChI is InChI=1S/C32H31ClN2O3/c1-21-28(31(36)34-19-11-14-24-12-6-4-7-13-24)30(26-17-10-18-27(33)20-26)29(22(2)35-21)32(37)38-23(3)25-15-8-5-9-16-25/h4-18,20,23,30,35H,19H2,1-3H3,(H,34,36)/b14-11+. The van der Waals surface area contributed by atoms with Crippen LogP contribution in [-0.4, -0.2) is 18.4 Å². The van der Waals surface area contributed by atoms with Gasteiger partial charge in [0, 0.05) is 28.5 Å². The third-order valence-corrected chi connectivity index (χ3v) is 6.69. The van der Waals surface area contributed by atoms with E-state index in [9.17, 15) is 9.59 Å². The molecule has 38 heavy (non-hydrogen) atoms. The molecule has 2 N–H and O–H groups in total. The number of hydrogen-bond acceptors (Lipinski definition) is 4. The molecule has 1 aliphatic rings. The second-order valence-electron chi connectivity index (χ2n) is 9.17. The minimum atomic E-state index is -0.650. The van der Waals surface area contributed by atoms with Crippen LogP contribution in [-0.2, 0) is 14.3 Å². The van der Waals surface area contributed by atoms with Crippen LogP contribution in [0.15, 0.2) is 114 Å². The van der Waals surface area contributed by atoms with Crippen molar-refractivity contribution in [3.8, 4) is 0 Å². The number of allylic oxidation sites excluding steroid dienone is 2. The van der Waals surface area contributed by atoms with Gasteiger partial charge in [-0.25, -0.2) is 4.79 Å². The molecule has 0 spiro atoms. The molecule has 0 fully saturated rings. The fraction of sp³-hybridized carbons (Fsp3) is 0.188. The summed E-state index contributed by atoms with van der Waals surface area (Å²) in [5, 5.41) is 6.73. The van der Waals surface area contributed by atoms with E-state index in [2.05, 4.69) is 10.6 Å². The van der Waals surface area contributed by atoms with Gasteiger partial charge in [0.15, 0.2) is 0 Å². The number of nitrogens with one attached hydrogen (secondary N) is 2. The fourth-order valence-electron chi connectivity index (χ4n) is 4.61. The minimum Gasteiger partial charge on any atom is -0.454 e. The van der Waals surface area contributed by atoms with Crippen molar-refractivity contribution in [2.24, 2.45) is 0 Å². The van der Waals surface area contributed by atoms with Crippen molar-refractivity contribution in [3.63, 3.8) is 0 Å². The summed E-state index contributed by atoms with van der Waals surface area (Å²) in [6.07, 6.45) is 3.38. The first-order chi connectivity index (χ1) is 18.3. The summed E-state index contributed by atoms with van der Waals surface area (Å²) in [5.41, 5.74) is 4.81. The number of benzene rings is 3. The van der Waals surface area contributed by atoms with Crippen LogP contribution in [0.1, 0.15) is 49.5 Å². The highest BCUT2D eigenvalue weighted by Crippen LogP contribution is 2.40. The number of esters is 1. The zero-order valence-electron chi connectivity index (χ0n) is 21.7. The van der Waals surface area contributed by atoms with E-state index in [-0.39, 0.29) is 5.91 Å². The lowest BCUT2D eigenvalue weighted by Crippen LogP contribution is -2.36. The summed E-state index contributed by atoms with van der Waals surface area (Å²) in [5.74, 6) is -1.41. The summed E-state index contributed by atoms with van der Waals surface area (Å²) in [6, 6.07) is 26.7. The molecular formula is C32H31ClN2O3. The van der Waals surface area contributed by atoms with Crippen molar-refractivity contribution >= 4 is 29.6 Å². The average Bonchev–Trinajstić information content (AvgIpc) is 2.91. The van der Waals surface area contributed by atoms with Crippen molar-refractivity contribution in [1.29, 1.82) is 0 Å². The lowest BCUT2D eigenvalue weighted by atomic mass is 9.80. The molecule has 0 radical (unpaired) electrons. The van der Waals surface area contributed by atoms with E-state index in [4.69, 9.17) is 16.3 Å². The normalized spacial score (nSPS) is 16.3. The molecule has 1 heterocycles. The van der Waals surface area contributed by atoms with Gasteiger partial charge in [0.25, 0.3) is 0 Å². The van der Waals surface area contributed by atoms with Crippen LogP contribution in [0.25, 0.3) is 6.08 Å². The van der Waals surface area contributed by atoms with Crippen LogP contribution < -0.4 is 10.6 Å². The second kappa shape index (κ2) is 12.4.